The van der Waals surface area contributed by atoms with E-state index in [9.17, 15) is 0 Å². The van der Waals surface area contributed by atoms with Crippen molar-refractivity contribution in [2.75, 3.05) is 11.5 Å². The molecular weight excluding hydrogens is 292 g/mol. The van der Waals surface area contributed by atoms with Gasteiger partial charge in [-0.15, -0.1) is 0 Å². The molecule has 0 heterocycles. The van der Waals surface area contributed by atoms with Crippen molar-refractivity contribution in [3.63, 3.8) is 0 Å². The third kappa shape index (κ3) is 1.77. The van der Waals surface area contributed by atoms with E-state index in [0.29, 0.717) is 11.4 Å². The van der Waals surface area contributed by atoms with Crippen molar-refractivity contribution >= 4 is 54.5 Å². The molecule has 0 radical (unpaired) electrons. The number of hydrogen-bond donors (Lipinski definition) is 2. The third-order valence-corrected chi connectivity index (χ3v) is 4.90. The molecule has 0 amide bonds. The summed E-state index contributed by atoms with van der Waals surface area (Å²) < 4.78 is 0. The summed E-state index contributed by atoms with van der Waals surface area (Å²) >= 11 is 0. The Kier molecular flexibility index (Phi) is 2.54. The molecule has 2 heteroatoms. The van der Waals surface area contributed by atoms with Crippen LogP contribution in [-0.2, 0) is 0 Å². The van der Waals surface area contributed by atoms with E-state index in [1.807, 2.05) is 12.1 Å². The predicted octanol–water partition coefficient (Wildman–Crippen LogP) is 5.46. The molecule has 0 aromatic heterocycles. The van der Waals surface area contributed by atoms with Crippen LogP contribution in [0.1, 0.15) is 0 Å². The monoisotopic (exact) mass is 308 g/mol. The number of hydrogen-bond acceptors (Lipinski definition) is 2. The third-order valence-electron chi connectivity index (χ3n) is 4.90. The fourth-order valence-electron chi connectivity index (χ4n) is 3.64. The summed E-state index contributed by atoms with van der Waals surface area (Å²) in [4.78, 5) is 0. The SMILES string of the molecule is Nc1cc2ccc3cc4c(ccc5ccccc54)cc3c2cc1N. The van der Waals surface area contributed by atoms with Crippen LogP contribution in [0.15, 0.2) is 72.8 Å². The molecule has 0 aliphatic carbocycles. The van der Waals surface area contributed by atoms with Gasteiger partial charge in [0, 0.05) is 0 Å². The molecule has 0 bridgehead atoms. The maximum Gasteiger partial charge on any atom is 0.0554 e. The van der Waals surface area contributed by atoms with Gasteiger partial charge < -0.3 is 11.5 Å². The Morgan fingerprint density at radius 3 is 1.67 bits per heavy atom. The Balaban J connectivity index is 1.98. The lowest BCUT2D eigenvalue weighted by molar-refractivity contribution is 1.72. The van der Waals surface area contributed by atoms with Crippen LogP contribution in [0.25, 0.3) is 43.1 Å². The molecule has 114 valence electrons. The average molecular weight is 308 g/mol. The van der Waals surface area contributed by atoms with E-state index in [1.165, 1.54) is 32.3 Å². The Hall–Kier alpha value is -3.26. The molecule has 0 spiro atoms. The molecule has 5 aromatic rings. The van der Waals surface area contributed by atoms with Crippen molar-refractivity contribution in [1.82, 2.24) is 0 Å². The molecular formula is C22H16N2. The standard InChI is InChI=1S/C22H16N2/c23-21-11-16-8-7-15-9-18-14(10-19(15)20(16)12-22(21)24)6-5-13-3-1-2-4-17(13)18/h1-12H,23-24H2. The van der Waals surface area contributed by atoms with Crippen molar-refractivity contribution in [2.45, 2.75) is 0 Å². The molecule has 0 aliphatic rings. The Morgan fingerprint density at radius 1 is 0.417 bits per heavy atom. The molecule has 4 N–H and O–H groups in total. The smallest absolute Gasteiger partial charge is 0.0554 e. The van der Waals surface area contributed by atoms with Gasteiger partial charge in [0.15, 0.2) is 0 Å². The van der Waals surface area contributed by atoms with Crippen LogP contribution in [0.2, 0.25) is 0 Å². The lowest BCUT2D eigenvalue weighted by Crippen LogP contribution is -1.94. The average Bonchev–Trinajstić information content (AvgIpc) is 2.61. The van der Waals surface area contributed by atoms with Gasteiger partial charge in [-0.05, 0) is 67.4 Å². The first-order chi connectivity index (χ1) is 11.7. The van der Waals surface area contributed by atoms with Crippen LogP contribution >= 0.6 is 0 Å². The second-order valence-electron chi connectivity index (χ2n) is 6.35. The highest BCUT2D eigenvalue weighted by Gasteiger charge is 2.07. The minimum Gasteiger partial charge on any atom is -0.397 e. The summed E-state index contributed by atoms with van der Waals surface area (Å²) in [5.41, 5.74) is 13.3. The molecule has 2 nitrogen and oxygen atoms in total. The van der Waals surface area contributed by atoms with Gasteiger partial charge in [-0.1, -0.05) is 48.5 Å². The summed E-state index contributed by atoms with van der Waals surface area (Å²) in [6.45, 7) is 0. The van der Waals surface area contributed by atoms with Crippen LogP contribution in [-0.4, -0.2) is 0 Å². The molecule has 0 saturated carbocycles. The van der Waals surface area contributed by atoms with E-state index >= 15 is 0 Å². The largest absolute Gasteiger partial charge is 0.397 e. The van der Waals surface area contributed by atoms with Crippen molar-refractivity contribution in [1.29, 1.82) is 0 Å². The molecule has 0 fully saturated rings. The summed E-state index contributed by atoms with van der Waals surface area (Å²) in [5.74, 6) is 0. The molecule has 0 unspecified atom stereocenters. The van der Waals surface area contributed by atoms with Crippen molar-refractivity contribution in [3.05, 3.63) is 72.8 Å². The molecule has 5 rings (SSSR count). The zero-order valence-corrected chi connectivity index (χ0v) is 13.1. The normalized spacial score (nSPS) is 11.7. The maximum atomic E-state index is 6.04. The molecule has 0 saturated heterocycles. The fraction of sp³-hybridized carbons (Fsp3) is 0. The minimum absolute atomic E-state index is 0.633. The summed E-state index contributed by atoms with van der Waals surface area (Å²) in [6.07, 6.45) is 0. The Labute approximate surface area is 139 Å². The summed E-state index contributed by atoms with van der Waals surface area (Å²) in [7, 11) is 0. The number of anilines is 2. The van der Waals surface area contributed by atoms with Gasteiger partial charge in [-0.25, -0.2) is 0 Å². The van der Waals surface area contributed by atoms with E-state index in [4.69, 9.17) is 11.5 Å². The van der Waals surface area contributed by atoms with E-state index in [2.05, 4.69) is 60.7 Å². The van der Waals surface area contributed by atoms with E-state index in [0.717, 1.165) is 10.8 Å². The van der Waals surface area contributed by atoms with Gasteiger partial charge in [0.2, 0.25) is 0 Å². The van der Waals surface area contributed by atoms with Gasteiger partial charge in [0.05, 0.1) is 11.4 Å². The highest BCUT2D eigenvalue weighted by atomic mass is 14.7. The second kappa shape index (κ2) is 4.62. The van der Waals surface area contributed by atoms with Crippen molar-refractivity contribution < 1.29 is 0 Å². The first kappa shape index (κ1) is 13.2. The zero-order chi connectivity index (χ0) is 16.3. The topological polar surface area (TPSA) is 52.0 Å². The number of fused-ring (bicyclic) bond motifs is 6. The van der Waals surface area contributed by atoms with Crippen LogP contribution in [0.3, 0.4) is 0 Å². The van der Waals surface area contributed by atoms with Crippen molar-refractivity contribution in [3.8, 4) is 0 Å². The number of benzene rings is 5. The Bertz CT molecular complexity index is 1270. The first-order valence-electron chi connectivity index (χ1n) is 8.04. The molecule has 24 heavy (non-hydrogen) atoms. The van der Waals surface area contributed by atoms with Crippen LogP contribution in [0.4, 0.5) is 11.4 Å². The molecule has 0 aliphatic heterocycles. The first-order valence-corrected chi connectivity index (χ1v) is 8.04. The quantitative estimate of drug-likeness (QED) is 0.226. The van der Waals surface area contributed by atoms with Gasteiger partial charge in [0.1, 0.15) is 0 Å². The van der Waals surface area contributed by atoms with E-state index < -0.39 is 0 Å². The summed E-state index contributed by atoms with van der Waals surface area (Å²) in [5, 5.41) is 9.77. The van der Waals surface area contributed by atoms with Crippen molar-refractivity contribution in [2.24, 2.45) is 0 Å². The van der Waals surface area contributed by atoms with Crippen LogP contribution in [0, 0.1) is 0 Å². The van der Waals surface area contributed by atoms with E-state index in [1.54, 1.807) is 0 Å². The zero-order valence-electron chi connectivity index (χ0n) is 13.1. The van der Waals surface area contributed by atoms with Crippen LogP contribution in [0.5, 0.6) is 0 Å². The Morgan fingerprint density at radius 2 is 0.917 bits per heavy atom. The molecule has 0 atom stereocenters. The van der Waals surface area contributed by atoms with Gasteiger partial charge >= 0.3 is 0 Å². The van der Waals surface area contributed by atoms with Gasteiger partial charge in [-0.2, -0.15) is 0 Å². The number of nitrogen functional groups attached to an aromatic ring is 2. The predicted molar refractivity (Wildman–Crippen MR) is 105 cm³/mol. The highest BCUT2D eigenvalue weighted by Crippen LogP contribution is 2.34. The van der Waals surface area contributed by atoms with Gasteiger partial charge in [0.25, 0.3) is 0 Å². The second-order valence-corrected chi connectivity index (χ2v) is 6.35. The van der Waals surface area contributed by atoms with E-state index in [-0.39, 0.29) is 0 Å². The maximum absolute atomic E-state index is 6.04. The fourth-order valence-corrected chi connectivity index (χ4v) is 3.64. The molecule has 5 aromatic carbocycles. The number of nitrogens with two attached hydrogens (primary N) is 2. The summed E-state index contributed by atoms with van der Waals surface area (Å²) in [6, 6.07) is 25.6. The van der Waals surface area contributed by atoms with Crippen LogP contribution < -0.4 is 11.5 Å². The lowest BCUT2D eigenvalue weighted by Gasteiger charge is -2.10. The number of rotatable bonds is 0. The highest BCUT2D eigenvalue weighted by molar-refractivity contribution is 6.18. The lowest BCUT2D eigenvalue weighted by atomic mass is 9.95. The van der Waals surface area contributed by atoms with Gasteiger partial charge in [-0.3, -0.25) is 0 Å². The minimum atomic E-state index is 0.633.